The number of carbonyl (C=O) groups excluding carboxylic acids is 1. The van der Waals surface area contributed by atoms with Gasteiger partial charge in [0, 0.05) is 18.6 Å². The van der Waals surface area contributed by atoms with Gasteiger partial charge in [-0.25, -0.2) is 4.79 Å². The van der Waals surface area contributed by atoms with E-state index >= 15 is 0 Å². The standard InChI is InChI=1S/C8H12O3/c1-10-8(9)3-2-7-4-5-11-6-7/h2-3,7H,4-6H2,1H3. The van der Waals surface area contributed by atoms with Crippen LogP contribution in [0.4, 0.5) is 0 Å². The fourth-order valence-corrected chi connectivity index (χ4v) is 0.987. The van der Waals surface area contributed by atoms with Gasteiger partial charge < -0.3 is 9.47 Å². The third-order valence-electron chi connectivity index (χ3n) is 1.67. The highest BCUT2D eigenvalue weighted by molar-refractivity contribution is 5.81. The van der Waals surface area contributed by atoms with Gasteiger partial charge in [0.15, 0.2) is 0 Å². The molecule has 3 heteroatoms. The summed E-state index contributed by atoms with van der Waals surface area (Å²) in [6, 6.07) is 0. The zero-order valence-electron chi connectivity index (χ0n) is 6.58. The lowest BCUT2D eigenvalue weighted by Gasteiger charge is -1.96. The van der Waals surface area contributed by atoms with Gasteiger partial charge in [-0.15, -0.1) is 0 Å². The van der Waals surface area contributed by atoms with Crippen LogP contribution in [0.5, 0.6) is 0 Å². The maximum atomic E-state index is 10.6. The Morgan fingerprint density at radius 2 is 2.55 bits per heavy atom. The number of carbonyl (C=O) groups is 1. The minimum atomic E-state index is -0.295. The van der Waals surface area contributed by atoms with E-state index in [-0.39, 0.29) is 5.97 Å². The van der Waals surface area contributed by atoms with Crippen LogP contribution in [0, 0.1) is 5.92 Å². The summed E-state index contributed by atoms with van der Waals surface area (Å²) in [5.41, 5.74) is 0. The Bertz CT molecular complexity index is 157. The molecule has 1 atom stereocenters. The number of rotatable bonds is 2. The summed E-state index contributed by atoms with van der Waals surface area (Å²) in [7, 11) is 1.37. The minimum absolute atomic E-state index is 0.295. The van der Waals surface area contributed by atoms with Crippen LogP contribution in [0.2, 0.25) is 0 Å². The lowest BCUT2D eigenvalue weighted by molar-refractivity contribution is -0.134. The topological polar surface area (TPSA) is 35.5 Å². The fourth-order valence-electron chi connectivity index (χ4n) is 0.987. The highest BCUT2D eigenvalue weighted by Crippen LogP contribution is 2.12. The van der Waals surface area contributed by atoms with Crippen molar-refractivity contribution in [2.75, 3.05) is 20.3 Å². The molecule has 0 aliphatic carbocycles. The minimum Gasteiger partial charge on any atom is -0.466 e. The third-order valence-corrected chi connectivity index (χ3v) is 1.67. The van der Waals surface area contributed by atoms with Gasteiger partial charge >= 0.3 is 5.97 Å². The van der Waals surface area contributed by atoms with Gasteiger partial charge in [0.2, 0.25) is 0 Å². The van der Waals surface area contributed by atoms with Crippen LogP contribution in [0.15, 0.2) is 12.2 Å². The van der Waals surface area contributed by atoms with Crippen molar-refractivity contribution in [3.05, 3.63) is 12.2 Å². The molecule has 1 fully saturated rings. The van der Waals surface area contributed by atoms with Gasteiger partial charge in [0.25, 0.3) is 0 Å². The molecule has 1 saturated heterocycles. The molecular weight excluding hydrogens is 144 g/mol. The van der Waals surface area contributed by atoms with Crippen LogP contribution in [0.1, 0.15) is 6.42 Å². The van der Waals surface area contributed by atoms with E-state index in [1.54, 1.807) is 0 Å². The molecule has 0 N–H and O–H groups in total. The molecule has 0 aromatic heterocycles. The van der Waals surface area contributed by atoms with Crippen molar-refractivity contribution in [2.24, 2.45) is 5.92 Å². The Hall–Kier alpha value is -0.830. The SMILES string of the molecule is COC(=O)C=CC1CCOC1. The molecule has 0 saturated carbocycles. The summed E-state index contributed by atoms with van der Waals surface area (Å²) >= 11 is 0. The van der Waals surface area contributed by atoms with Gasteiger partial charge in [-0.3, -0.25) is 0 Å². The van der Waals surface area contributed by atoms with Gasteiger partial charge in [-0.05, 0) is 6.42 Å². The zero-order chi connectivity index (χ0) is 8.10. The summed E-state index contributed by atoms with van der Waals surface area (Å²) in [4.78, 5) is 10.6. The predicted molar refractivity (Wildman–Crippen MR) is 40.1 cm³/mol. The first-order valence-electron chi connectivity index (χ1n) is 3.67. The van der Waals surface area contributed by atoms with Crippen LogP contribution in [-0.2, 0) is 14.3 Å². The van der Waals surface area contributed by atoms with Gasteiger partial charge in [-0.1, -0.05) is 6.08 Å². The Kier molecular flexibility index (Phi) is 3.11. The van der Waals surface area contributed by atoms with Crippen LogP contribution in [0.3, 0.4) is 0 Å². The number of hydrogen-bond donors (Lipinski definition) is 0. The van der Waals surface area contributed by atoms with Crippen molar-refractivity contribution in [1.29, 1.82) is 0 Å². The molecule has 0 spiro atoms. The molecule has 1 rings (SSSR count). The molecule has 3 nitrogen and oxygen atoms in total. The Morgan fingerprint density at radius 3 is 3.09 bits per heavy atom. The molecule has 1 heterocycles. The van der Waals surface area contributed by atoms with E-state index in [4.69, 9.17) is 4.74 Å². The maximum absolute atomic E-state index is 10.6. The first kappa shape index (κ1) is 8.27. The molecule has 0 aromatic rings. The summed E-state index contributed by atoms with van der Waals surface area (Å²) in [5.74, 6) is 0.103. The van der Waals surface area contributed by atoms with Crippen LogP contribution >= 0.6 is 0 Å². The normalized spacial score (nSPS) is 24.3. The zero-order valence-corrected chi connectivity index (χ0v) is 6.58. The van der Waals surface area contributed by atoms with Crippen LogP contribution in [0.25, 0.3) is 0 Å². The highest BCUT2D eigenvalue weighted by atomic mass is 16.5. The largest absolute Gasteiger partial charge is 0.466 e. The van der Waals surface area contributed by atoms with Crippen molar-refractivity contribution < 1.29 is 14.3 Å². The van der Waals surface area contributed by atoms with Crippen LogP contribution in [-0.4, -0.2) is 26.3 Å². The fraction of sp³-hybridized carbons (Fsp3) is 0.625. The van der Waals surface area contributed by atoms with E-state index in [2.05, 4.69) is 4.74 Å². The van der Waals surface area contributed by atoms with E-state index in [1.165, 1.54) is 13.2 Å². The van der Waals surface area contributed by atoms with E-state index < -0.39 is 0 Å². The van der Waals surface area contributed by atoms with Gasteiger partial charge in [0.05, 0.1) is 13.7 Å². The molecule has 0 aromatic carbocycles. The molecular formula is C8H12O3. The van der Waals surface area contributed by atoms with Crippen molar-refractivity contribution in [1.82, 2.24) is 0 Å². The predicted octanol–water partition coefficient (Wildman–Crippen LogP) is 0.752. The second-order valence-corrected chi connectivity index (χ2v) is 2.51. The van der Waals surface area contributed by atoms with E-state index in [0.717, 1.165) is 19.6 Å². The van der Waals surface area contributed by atoms with E-state index in [9.17, 15) is 4.79 Å². The highest BCUT2D eigenvalue weighted by Gasteiger charge is 2.11. The lowest BCUT2D eigenvalue weighted by Crippen LogP contribution is -1.98. The third kappa shape index (κ3) is 2.72. The molecule has 0 radical (unpaired) electrons. The summed E-state index contributed by atoms with van der Waals surface area (Å²) in [6.45, 7) is 1.53. The Labute approximate surface area is 66.0 Å². The van der Waals surface area contributed by atoms with Crippen molar-refractivity contribution in [2.45, 2.75) is 6.42 Å². The number of esters is 1. The molecule has 11 heavy (non-hydrogen) atoms. The first-order chi connectivity index (χ1) is 5.33. The Balaban J connectivity index is 2.27. The molecule has 1 aliphatic rings. The number of hydrogen-bond acceptors (Lipinski definition) is 3. The van der Waals surface area contributed by atoms with E-state index in [1.807, 2.05) is 6.08 Å². The van der Waals surface area contributed by atoms with Gasteiger partial charge in [0.1, 0.15) is 0 Å². The van der Waals surface area contributed by atoms with E-state index in [0.29, 0.717) is 5.92 Å². The molecule has 1 unspecified atom stereocenters. The molecule has 0 bridgehead atoms. The molecule has 62 valence electrons. The molecule has 1 aliphatic heterocycles. The van der Waals surface area contributed by atoms with Crippen molar-refractivity contribution >= 4 is 5.97 Å². The van der Waals surface area contributed by atoms with Crippen molar-refractivity contribution in [3.8, 4) is 0 Å². The Morgan fingerprint density at radius 1 is 1.73 bits per heavy atom. The first-order valence-corrected chi connectivity index (χ1v) is 3.67. The number of methoxy groups -OCH3 is 1. The summed E-state index contributed by atoms with van der Waals surface area (Å²) in [5, 5.41) is 0. The molecule has 0 amide bonds. The average molecular weight is 156 g/mol. The smallest absolute Gasteiger partial charge is 0.330 e. The monoisotopic (exact) mass is 156 g/mol. The quantitative estimate of drug-likeness (QED) is 0.437. The second kappa shape index (κ2) is 4.13. The maximum Gasteiger partial charge on any atom is 0.330 e. The summed E-state index contributed by atoms with van der Waals surface area (Å²) in [6.07, 6.45) is 4.31. The average Bonchev–Trinajstić information content (AvgIpc) is 2.52. The lowest BCUT2D eigenvalue weighted by atomic mass is 10.1. The number of ether oxygens (including phenoxy) is 2. The van der Waals surface area contributed by atoms with Gasteiger partial charge in [-0.2, -0.15) is 0 Å². The summed E-state index contributed by atoms with van der Waals surface area (Å²) < 4.78 is 9.56. The van der Waals surface area contributed by atoms with Crippen molar-refractivity contribution in [3.63, 3.8) is 0 Å². The second-order valence-electron chi connectivity index (χ2n) is 2.51. The van der Waals surface area contributed by atoms with Crippen LogP contribution < -0.4 is 0 Å².